The molecule has 0 radical (unpaired) electrons. The van der Waals surface area contributed by atoms with Crippen molar-refractivity contribution in [1.82, 2.24) is 14.5 Å². The van der Waals surface area contributed by atoms with Gasteiger partial charge in [-0.15, -0.1) is 10.2 Å². The van der Waals surface area contributed by atoms with Gasteiger partial charge in [0.2, 0.25) is 21.8 Å². The lowest BCUT2D eigenvalue weighted by Gasteiger charge is -2.27. The predicted octanol–water partition coefficient (Wildman–Crippen LogP) is 4.15. The highest BCUT2D eigenvalue weighted by molar-refractivity contribution is 9.10. The molecule has 1 unspecified atom stereocenters. The summed E-state index contributed by atoms with van der Waals surface area (Å²) in [5.74, 6) is 0.759. The van der Waals surface area contributed by atoms with Gasteiger partial charge in [0.25, 0.3) is 0 Å². The number of halogens is 1. The minimum absolute atomic E-state index is 0.0384. The van der Waals surface area contributed by atoms with Crippen molar-refractivity contribution >= 4 is 26.0 Å². The van der Waals surface area contributed by atoms with Gasteiger partial charge in [-0.25, -0.2) is 8.42 Å². The van der Waals surface area contributed by atoms with E-state index >= 15 is 0 Å². The molecule has 1 aromatic carbocycles. The number of hydrogen-bond donors (Lipinski definition) is 0. The van der Waals surface area contributed by atoms with E-state index in [-0.39, 0.29) is 16.2 Å². The van der Waals surface area contributed by atoms with Gasteiger partial charge >= 0.3 is 0 Å². The fraction of sp³-hybridized carbons (Fsp3) is 0.529. The van der Waals surface area contributed by atoms with E-state index in [1.807, 2.05) is 34.6 Å². The Morgan fingerprint density at radius 1 is 1.12 bits per heavy atom. The molecule has 1 aromatic heterocycles. The van der Waals surface area contributed by atoms with Crippen LogP contribution in [0.4, 0.5) is 0 Å². The van der Waals surface area contributed by atoms with Crippen molar-refractivity contribution < 1.29 is 12.8 Å². The van der Waals surface area contributed by atoms with Crippen LogP contribution in [-0.4, -0.2) is 30.0 Å². The maximum atomic E-state index is 13.0. The minimum Gasteiger partial charge on any atom is -0.423 e. The van der Waals surface area contributed by atoms with E-state index in [2.05, 4.69) is 26.1 Å². The van der Waals surface area contributed by atoms with Gasteiger partial charge in [0.1, 0.15) is 6.04 Å². The summed E-state index contributed by atoms with van der Waals surface area (Å²) in [5, 5.41) is 8.21. The van der Waals surface area contributed by atoms with Crippen LogP contribution in [0.1, 0.15) is 52.4 Å². The standard InChI is InChI=1S/C17H24BrN3O3S/c1-11(2)14(15-19-20-16(24-15)17(3,4)5)21(6)25(22,23)13-9-7-12(18)8-10-13/h7-11,14H,1-6H3. The zero-order valence-corrected chi connectivity index (χ0v) is 17.7. The largest absolute Gasteiger partial charge is 0.423 e. The maximum absolute atomic E-state index is 13.0. The molecule has 0 saturated carbocycles. The van der Waals surface area contributed by atoms with Crippen LogP contribution >= 0.6 is 15.9 Å². The number of nitrogens with zero attached hydrogens (tertiary/aromatic N) is 3. The fourth-order valence-electron chi connectivity index (χ4n) is 2.44. The first-order chi connectivity index (χ1) is 11.4. The Morgan fingerprint density at radius 2 is 1.68 bits per heavy atom. The highest BCUT2D eigenvalue weighted by Crippen LogP contribution is 2.33. The van der Waals surface area contributed by atoms with Crippen molar-refractivity contribution in [2.75, 3.05) is 7.05 Å². The van der Waals surface area contributed by atoms with Gasteiger partial charge in [-0.2, -0.15) is 4.31 Å². The van der Waals surface area contributed by atoms with Crippen LogP contribution in [-0.2, 0) is 15.4 Å². The molecule has 0 aliphatic carbocycles. The van der Waals surface area contributed by atoms with Gasteiger partial charge in [-0.3, -0.25) is 0 Å². The van der Waals surface area contributed by atoms with E-state index in [0.29, 0.717) is 11.8 Å². The third kappa shape index (κ3) is 4.30. The first-order valence-electron chi connectivity index (χ1n) is 8.02. The average Bonchev–Trinajstić information content (AvgIpc) is 2.97. The summed E-state index contributed by atoms with van der Waals surface area (Å²) in [5.41, 5.74) is -0.296. The Morgan fingerprint density at radius 3 is 2.12 bits per heavy atom. The van der Waals surface area contributed by atoms with E-state index in [1.165, 1.54) is 4.31 Å². The van der Waals surface area contributed by atoms with Crippen LogP contribution in [0, 0.1) is 5.92 Å². The molecule has 0 bridgehead atoms. The second-order valence-corrected chi connectivity index (χ2v) is 10.3. The Kier molecular flexibility index (Phi) is 5.75. The molecule has 0 spiro atoms. The van der Waals surface area contributed by atoms with Gasteiger partial charge in [-0.05, 0) is 30.2 Å². The van der Waals surface area contributed by atoms with Gasteiger partial charge in [-0.1, -0.05) is 50.5 Å². The van der Waals surface area contributed by atoms with E-state index in [0.717, 1.165) is 4.47 Å². The molecular formula is C17H24BrN3O3S. The molecule has 0 aliphatic rings. The number of sulfonamides is 1. The maximum Gasteiger partial charge on any atom is 0.243 e. The first-order valence-corrected chi connectivity index (χ1v) is 10.3. The van der Waals surface area contributed by atoms with Crippen LogP contribution in [0.5, 0.6) is 0 Å². The Hall–Kier alpha value is -1.25. The highest BCUT2D eigenvalue weighted by Gasteiger charge is 2.35. The van der Waals surface area contributed by atoms with Gasteiger partial charge in [0.05, 0.1) is 4.90 Å². The van der Waals surface area contributed by atoms with Crippen molar-refractivity contribution in [3.8, 4) is 0 Å². The molecule has 138 valence electrons. The number of benzene rings is 1. The molecule has 0 N–H and O–H groups in total. The summed E-state index contributed by atoms with van der Waals surface area (Å²) < 4.78 is 33.9. The van der Waals surface area contributed by atoms with Crippen LogP contribution in [0.3, 0.4) is 0 Å². The summed E-state index contributed by atoms with van der Waals surface area (Å²) in [7, 11) is -2.14. The molecule has 2 aromatic rings. The van der Waals surface area contributed by atoms with Crippen LogP contribution in [0.25, 0.3) is 0 Å². The Labute approximate surface area is 157 Å². The molecule has 0 fully saturated rings. The third-order valence-corrected chi connectivity index (χ3v) is 6.23. The quantitative estimate of drug-likeness (QED) is 0.713. The van der Waals surface area contributed by atoms with Crippen molar-refractivity contribution in [3.05, 3.63) is 40.5 Å². The highest BCUT2D eigenvalue weighted by atomic mass is 79.9. The lowest BCUT2D eigenvalue weighted by atomic mass is 9.97. The molecule has 0 amide bonds. The molecule has 6 nitrogen and oxygen atoms in total. The van der Waals surface area contributed by atoms with E-state index in [4.69, 9.17) is 4.42 Å². The monoisotopic (exact) mass is 429 g/mol. The second-order valence-electron chi connectivity index (χ2n) is 7.36. The summed E-state index contributed by atoms with van der Waals surface area (Å²) in [6.07, 6.45) is 0. The summed E-state index contributed by atoms with van der Waals surface area (Å²) >= 11 is 3.32. The molecule has 25 heavy (non-hydrogen) atoms. The number of aromatic nitrogens is 2. The van der Waals surface area contributed by atoms with E-state index < -0.39 is 16.1 Å². The van der Waals surface area contributed by atoms with Crippen molar-refractivity contribution in [3.63, 3.8) is 0 Å². The fourth-order valence-corrected chi connectivity index (χ4v) is 4.15. The van der Waals surface area contributed by atoms with Gasteiger partial charge in [0, 0.05) is 16.9 Å². The second kappa shape index (κ2) is 7.17. The van der Waals surface area contributed by atoms with Crippen LogP contribution in [0.15, 0.2) is 38.1 Å². The van der Waals surface area contributed by atoms with E-state index in [1.54, 1.807) is 31.3 Å². The molecular weight excluding hydrogens is 406 g/mol. The molecule has 0 saturated heterocycles. The van der Waals surface area contributed by atoms with Crippen LogP contribution in [0.2, 0.25) is 0 Å². The molecule has 2 rings (SSSR count). The minimum atomic E-state index is -3.69. The normalized spacial score (nSPS) is 14.3. The first kappa shape index (κ1) is 20.1. The van der Waals surface area contributed by atoms with Crippen molar-refractivity contribution in [2.24, 2.45) is 5.92 Å². The molecule has 8 heteroatoms. The SMILES string of the molecule is CC(C)C(c1nnc(C(C)(C)C)o1)N(C)S(=O)(=O)c1ccc(Br)cc1. The summed E-state index contributed by atoms with van der Waals surface area (Å²) in [4.78, 5) is 0.222. The zero-order valence-electron chi connectivity index (χ0n) is 15.3. The number of rotatable bonds is 5. The average molecular weight is 430 g/mol. The predicted molar refractivity (Wildman–Crippen MR) is 99.7 cm³/mol. The summed E-state index contributed by atoms with van der Waals surface area (Å²) in [6.45, 7) is 9.77. The lowest BCUT2D eigenvalue weighted by Crippen LogP contribution is -2.34. The molecule has 0 aliphatic heterocycles. The van der Waals surface area contributed by atoms with Gasteiger partial charge < -0.3 is 4.42 Å². The summed E-state index contributed by atoms with van der Waals surface area (Å²) in [6, 6.07) is 6.01. The Balaban J connectivity index is 2.43. The van der Waals surface area contributed by atoms with Crippen molar-refractivity contribution in [1.29, 1.82) is 0 Å². The third-order valence-electron chi connectivity index (χ3n) is 3.85. The molecule has 1 atom stereocenters. The Bertz CT molecular complexity index is 824. The van der Waals surface area contributed by atoms with Gasteiger partial charge in [0.15, 0.2) is 0 Å². The van der Waals surface area contributed by atoms with Crippen LogP contribution < -0.4 is 0 Å². The smallest absolute Gasteiger partial charge is 0.243 e. The zero-order chi connectivity index (χ0) is 19.0. The molecule has 1 heterocycles. The number of hydrogen-bond acceptors (Lipinski definition) is 5. The lowest BCUT2D eigenvalue weighted by molar-refractivity contribution is 0.237. The van der Waals surface area contributed by atoms with Crippen molar-refractivity contribution in [2.45, 2.75) is 51.0 Å². The van der Waals surface area contributed by atoms with E-state index in [9.17, 15) is 8.42 Å². The topological polar surface area (TPSA) is 76.3 Å².